The van der Waals surface area contributed by atoms with Crippen molar-refractivity contribution in [3.63, 3.8) is 0 Å². The molecule has 17 heavy (non-hydrogen) atoms. The number of nitrogens with two attached hydrogens (primary N) is 1. The van der Waals surface area contributed by atoms with E-state index in [0.717, 1.165) is 11.1 Å². The van der Waals surface area contributed by atoms with Crippen molar-refractivity contribution in [3.8, 4) is 0 Å². The molecule has 1 aromatic rings. The predicted molar refractivity (Wildman–Crippen MR) is 65.2 cm³/mol. The lowest BCUT2D eigenvalue weighted by Gasteiger charge is -2.19. The van der Waals surface area contributed by atoms with Gasteiger partial charge in [-0.15, -0.1) is 0 Å². The van der Waals surface area contributed by atoms with Gasteiger partial charge in [0.1, 0.15) is 5.60 Å². The maximum atomic E-state index is 11.4. The van der Waals surface area contributed by atoms with Gasteiger partial charge in [0, 0.05) is 25.5 Å². The first-order valence-electron chi connectivity index (χ1n) is 5.50. The van der Waals surface area contributed by atoms with E-state index >= 15 is 0 Å². The molecule has 5 nitrogen and oxygen atoms in total. The molecule has 0 aliphatic rings. The standard InChI is InChI=1S/C12H19N3O2/c1-12(2,3)17-11(16)15-8-10-4-9(5-13)6-14-7-10/h4,6-7H,5,8,13H2,1-3H3,(H,15,16). The van der Waals surface area contributed by atoms with Gasteiger partial charge >= 0.3 is 6.09 Å². The molecule has 94 valence electrons. The monoisotopic (exact) mass is 237 g/mol. The number of aromatic nitrogens is 1. The second kappa shape index (κ2) is 5.63. The van der Waals surface area contributed by atoms with Crippen LogP contribution < -0.4 is 11.1 Å². The summed E-state index contributed by atoms with van der Waals surface area (Å²) in [7, 11) is 0. The van der Waals surface area contributed by atoms with Crippen LogP contribution in [-0.4, -0.2) is 16.7 Å². The number of ether oxygens (including phenoxy) is 1. The first-order chi connectivity index (χ1) is 7.90. The molecule has 0 unspecified atom stereocenters. The van der Waals surface area contributed by atoms with Crippen LogP contribution in [0.15, 0.2) is 18.5 Å². The van der Waals surface area contributed by atoms with Crippen molar-refractivity contribution in [1.29, 1.82) is 0 Å². The van der Waals surface area contributed by atoms with Crippen molar-refractivity contribution < 1.29 is 9.53 Å². The fourth-order valence-electron chi connectivity index (χ4n) is 1.24. The number of hydrogen-bond acceptors (Lipinski definition) is 4. The van der Waals surface area contributed by atoms with Gasteiger partial charge in [-0.3, -0.25) is 4.98 Å². The largest absolute Gasteiger partial charge is 0.444 e. The molecule has 0 saturated carbocycles. The summed E-state index contributed by atoms with van der Waals surface area (Å²) in [5.41, 5.74) is 6.86. The zero-order chi connectivity index (χ0) is 12.9. The van der Waals surface area contributed by atoms with E-state index in [2.05, 4.69) is 10.3 Å². The van der Waals surface area contributed by atoms with Crippen LogP contribution in [0.1, 0.15) is 31.9 Å². The number of rotatable bonds is 3. The summed E-state index contributed by atoms with van der Waals surface area (Å²) in [6.45, 7) is 6.29. The smallest absolute Gasteiger partial charge is 0.407 e. The number of nitrogens with one attached hydrogen (secondary N) is 1. The second-order valence-electron chi connectivity index (χ2n) is 4.76. The molecule has 1 amide bonds. The molecule has 0 radical (unpaired) electrons. The first kappa shape index (κ1) is 13.4. The third-order valence-electron chi connectivity index (χ3n) is 1.92. The molecule has 0 spiro atoms. The normalized spacial score (nSPS) is 11.1. The highest BCUT2D eigenvalue weighted by atomic mass is 16.6. The Hall–Kier alpha value is -1.62. The first-order valence-corrected chi connectivity index (χ1v) is 5.50. The van der Waals surface area contributed by atoms with Crippen LogP contribution in [0.25, 0.3) is 0 Å². The molecule has 3 N–H and O–H groups in total. The second-order valence-corrected chi connectivity index (χ2v) is 4.76. The lowest BCUT2D eigenvalue weighted by Crippen LogP contribution is -2.32. The molecular weight excluding hydrogens is 218 g/mol. The van der Waals surface area contributed by atoms with Gasteiger partial charge in [0.2, 0.25) is 0 Å². The maximum absolute atomic E-state index is 11.4. The minimum atomic E-state index is -0.485. The van der Waals surface area contributed by atoms with Crippen LogP contribution in [-0.2, 0) is 17.8 Å². The number of carbonyl (C=O) groups is 1. The highest BCUT2D eigenvalue weighted by molar-refractivity contribution is 5.67. The Kier molecular flexibility index (Phi) is 4.45. The number of alkyl carbamates (subject to hydrolysis) is 1. The van der Waals surface area contributed by atoms with Crippen molar-refractivity contribution in [2.75, 3.05) is 0 Å². The molecule has 1 rings (SSSR count). The summed E-state index contributed by atoms with van der Waals surface area (Å²) >= 11 is 0. The number of amides is 1. The molecule has 0 aliphatic heterocycles. The summed E-state index contributed by atoms with van der Waals surface area (Å²) in [5, 5.41) is 2.66. The van der Waals surface area contributed by atoms with E-state index in [1.807, 2.05) is 26.8 Å². The van der Waals surface area contributed by atoms with E-state index in [1.54, 1.807) is 12.4 Å². The zero-order valence-electron chi connectivity index (χ0n) is 10.5. The molecule has 0 aromatic carbocycles. The van der Waals surface area contributed by atoms with E-state index in [0.29, 0.717) is 13.1 Å². The molecular formula is C12H19N3O2. The van der Waals surface area contributed by atoms with E-state index in [4.69, 9.17) is 10.5 Å². The zero-order valence-corrected chi connectivity index (χ0v) is 10.5. The fraction of sp³-hybridized carbons (Fsp3) is 0.500. The van der Waals surface area contributed by atoms with E-state index < -0.39 is 11.7 Å². The third-order valence-corrected chi connectivity index (χ3v) is 1.92. The van der Waals surface area contributed by atoms with Crippen LogP contribution in [0.2, 0.25) is 0 Å². The maximum Gasteiger partial charge on any atom is 0.407 e. The van der Waals surface area contributed by atoms with Crippen molar-refractivity contribution in [2.24, 2.45) is 5.73 Å². The summed E-state index contributed by atoms with van der Waals surface area (Å²) in [4.78, 5) is 15.4. The Bertz CT molecular complexity index is 386. The predicted octanol–water partition coefficient (Wildman–Crippen LogP) is 1.56. The Labute approximate surface area is 101 Å². The van der Waals surface area contributed by atoms with E-state index in [-0.39, 0.29) is 0 Å². The highest BCUT2D eigenvalue weighted by Crippen LogP contribution is 2.07. The molecule has 1 aromatic heterocycles. The van der Waals surface area contributed by atoms with Gasteiger partial charge in [0.05, 0.1) is 0 Å². The number of hydrogen-bond donors (Lipinski definition) is 2. The van der Waals surface area contributed by atoms with Crippen molar-refractivity contribution in [2.45, 2.75) is 39.5 Å². The summed E-state index contributed by atoms with van der Waals surface area (Å²) < 4.78 is 5.12. The van der Waals surface area contributed by atoms with Gasteiger partial charge in [-0.05, 0) is 38.0 Å². The molecule has 0 aliphatic carbocycles. The van der Waals surface area contributed by atoms with Crippen LogP contribution in [0.5, 0.6) is 0 Å². The quantitative estimate of drug-likeness (QED) is 0.836. The average molecular weight is 237 g/mol. The van der Waals surface area contributed by atoms with Gasteiger partial charge in [0.15, 0.2) is 0 Å². The molecule has 0 fully saturated rings. The number of carbonyl (C=O) groups excluding carboxylic acids is 1. The lowest BCUT2D eigenvalue weighted by molar-refractivity contribution is 0.0523. The van der Waals surface area contributed by atoms with Gasteiger partial charge in [-0.1, -0.05) is 0 Å². The number of nitrogens with zero attached hydrogens (tertiary/aromatic N) is 1. The Morgan fingerprint density at radius 3 is 2.65 bits per heavy atom. The molecule has 1 heterocycles. The summed E-state index contributed by atoms with van der Waals surface area (Å²) in [6.07, 6.45) is 2.96. The summed E-state index contributed by atoms with van der Waals surface area (Å²) in [6, 6.07) is 1.91. The van der Waals surface area contributed by atoms with Crippen LogP contribution in [0, 0.1) is 0 Å². The molecule has 0 atom stereocenters. The van der Waals surface area contributed by atoms with Gasteiger partial charge in [0.25, 0.3) is 0 Å². The molecule has 0 bridgehead atoms. The van der Waals surface area contributed by atoms with Crippen LogP contribution >= 0.6 is 0 Å². The van der Waals surface area contributed by atoms with E-state index in [9.17, 15) is 4.79 Å². The highest BCUT2D eigenvalue weighted by Gasteiger charge is 2.15. The minimum Gasteiger partial charge on any atom is -0.444 e. The molecule has 0 saturated heterocycles. The Morgan fingerprint density at radius 1 is 1.41 bits per heavy atom. The SMILES string of the molecule is CC(C)(C)OC(=O)NCc1cncc(CN)c1. The Balaban J connectivity index is 2.47. The van der Waals surface area contributed by atoms with Crippen LogP contribution in [0.3, 0.4) is 0 Å². The lowest BCUT2D eigenvalue weighted by atomic mass is 10.2. The van der Waals surface area contributed by atoms with Crippen molar-refractivity contribution >= 4 is 6.09 Å². The van der Waals surface area contributed by atoms with Gasteiger partial charge < -0.3 is 15.8 Å². The van der Waals surface area contributed by atoms with Gasteiger partial charge in [-0.25, -0.2) is 4.79 Å². The summed E-state index contributed by atoms with van der Waals surface area (Å²) in [5.74, 6) is 0. The number of pyridine rings is 1. The average Bonchev–Trinajstić information content (AvgIpc) is 2.24. The van der Waals surface area contributed by atoms with E-state index in [1.165, 1.54) is 0 Å². The minimum absolute atomic E-state index is 0.385. The third kappa shape index (κ3) is 5.31. The van der Waals surface area contributed by atoms with Crippen molar-refractivity contribution in [3.05, 3.63) is 29.6 Å². The van der Waals surface area contributed by atoms with Gasteiger partial charge in [-0.2, -0.15) is 0 Å². The Morgan fingerprint density at radius 2 is 2.06 bits per heavy atom. The van der Waals surface area contributed by atoms with Crippen LogP contribution in [0.4, 0.5) is 4.79 Å². The fourth-order valence-corrected chi connectivity index (χ4v) is 1.24. The van der Waals surface area contributed by atoms with Crippen molar-refractivity contribution in [1.82, 2.24) is 10.3 Å². The molecule has 5 heteroatoms. The topological polar surface area (TPSA) is 77.2 Å².